The minimum atomic E-state index is -0.217. The van der Waals surface area contributed by atoms with Crippen LogP contribution in [-0.4, -0.2) is 17.1 Å². The molecule has 1 heterocycles. The molecule has 0 atom stereocenters. The van der Waals surface area contributed by atoms with E-state index in [1.807, 2.05) is 54.6 Å². The molecule has 0 saturated carbocycles. The summed E-state index contributed by atoms with van der Waals surface area (Å²) in [5, 5.41) is 9.03. The Labute approximate surface area is 196 Å². The van der Waals surface area contributed by atoms with E-state index in [0.717, 1.165) is 15.6 Å². The first kappa shape index (κ1) is 21.2. The normalized spacial score (nSPS) is 10.9. The summed E-state index contributed by atoms with van der Waals surface area (Å²) in [6.45, 7) is 0. The lowest BCUT2D eigenvalue weighted by molar-refractivity contribution is 0.102. The molecule has 2 N–H and O–H groups in total. The molecule has 4 rings (SSSR count). The second-order valence-electron chi connectivity index (χ2n) is 6.45. The van der Waals surface area contributed by atoms with E-state index in [1.165, 1.54) is 11.3 Å². The van der Waals surface area contributed by atoms with Crippen LogP contribution >= 0.6 is 38.9 Å². The van der Waals surface area contributed by atoms with E-state index in [-0.39, 0.29) is 5.91 Å². The molecule has 0 fully saturated rings. The Morgan fingerprint density at radius 1 is 1.00 bits per heavy atom. The van der Waals surface area contributed by atoms with Gasteiger partial charge in [0.1, 0.15) is 10.7 Å². The van der Waals surface area contributed by atoms with Gasteiger partial charge in [0.15, 0.2) is 0 Å². The van der Waals surface area contributed by atoms with Gasteiger partial charge in [-0.1, -0.05) is 81.3 Å². The Morgan fingerprint density at radius 2 is 1.71 bits per heavy atom. The second-order valence-corrected chi connectivity index (χ2v) is 8.80. The number of thiazole rings is 1. The quantitative estimate of drug-likeness (QED) is 0.218. The third-order valence-electron chi connectivity index (χ3n) is 4.25. The highest BCUT2D eigenvalue weighted by atomic mass is 79.9. The molecule has 1 aromatic heterocycles. The molecule has 5 nitrogen and oxygen atoms in total. The van der Waals surface area contributed by atoms with Crippen molar-refractivity contribution in [1.82, 2.24) is 4.98 Å². The fourth-order valence-corrected chi connectivity index (χ4v) is 3.96. The Morgan fingerprint density at radius 3 is 2.42 bits per heavy atom. The minimum Gasteiger partial charge on any atom is -0.312 e. The van der Waals surface area contributed by atoms with Crippen LogP contribution in [0, 0.1) is 0 Å². The van der Waals surface area contributed by atoms with E-state index in [0.29, 0.717) is 26.4 Å². The molecule has 0 aliphatic heterocycles. The third-order valence-corrected chi connectivity index (χ3v) is 5.91. The first-order valence-corrected chi connectivity index (χ1v) is 11.2. The van der Waals surface area contributed by atoms with Crippen LogP contribution in [0.5, 0.6) is 0 Å². The third kappa shape index (κ3) is 5.58. The summed E-state index contributed by atoms with van der Waals surface area (Å²) in [6.07, 6.45) is 1.71. The summed E-state index contributed by atoms with van der Waals surface area (Å²) in [5.41, 5.74) is 5.95. The molecule has 3 aromatic carbocycles. The van der Waals surface area contributed by atoms with E-state index in [9.17, 15) is 4.79 Å². The molecule has 0 saturated heterocycles. The highest BCUT2D eigenvalue weighted by Gasteiger charge is 2.16. The minimum absolute atomic E-state index is 0.217. The summed E-state index contributed by atoms with van der Waals surface area (Å²) >= 11 is 10.7. The number of benzene rings is 3. The second kappa shape index (κ2) is 9.87. The molecule has 8 heteroatoms. The molecule has 1 amide bonds. The fourth-order valence-electron chi connectivity index (χ4n) is 2.73. The number of hydrogen-bond donors (Lipinski definition) is 2. The average molecular weight is 512 g/mol. The molecule has 0 unspecified atom stereocenters. The van der Waals surface area contributed by atoms with Crippen molar-refractivity contribution in [3.05, 3.63) is 99.5 Å². The molecule has 0 aliphatic rings. The van der Waals surface area contributed by atoms with Crippen LogP contribution in [0.2, 0.25) is 5.02 Å². The van der Waals surface area contributed by atoms with Crippen LogP contribution in [0.1, 0.15) is 15.9 Å². The predicted molar refractivity (Wildman–Crippen MR) is 132 cm³/mol. The molecule has 0 radical (unpaired) electrons. The van der Waals surface area contributed by atoms with Crippen LogP contribution in [0.4, 0.5) is 10.1 Å². The summed E-state index contributed by atoms with van der Waals surface area (Å²) in [7, 11) is 0. The highest BCUT2D eigenvalue weighted by molar-refractivity contribution is 9.10. The van der Waals surface area contributed by atoms with Crippen molar-refractivity contribution in [1.29, 1.82) is 0 Å². The van der Waals surface area contributed by atoms with E-state index in [1.54, 1.807) is 30.5 Å². The summed E-state index contributed by atoms with van der Waals surface area (Å²) < 4.78 is 0.909. The number of carbonyl (C=O) groups excluding carboxylic acids is 1. The van der Waals surface area contributed by atoms with Crippen LogP contribution in [0.25, 0.3) is 11.3 Å². The smallest absolute Gasteiger partial charge is 0.256 e. The van der Waals surface area contributed by atoms with Crippen molar-refractivity contribution in [2.24, 2.45) is 5.10 Å². The van der Waals surface area contributed by atoms with Crippen molar-refractivity contribution in [3.8, 4) is 11.3 Å². The van der Waals surface area contributed by atoms with Crippen molar-refractivity contribution in [3.63, 3.8) is 0 Å². The van der Waals surface area contributed by atoms with Crippen LogP contribution in [0.15, 0.2) is 88.4 Å². The van der Waals surface area contributed by atoms with Crippen molar-refractivity contribution in [2.45, 2.75) is 0 Å². The van der Waals surface area contributed by atoms with Crippen molar-refractivity contribution < 1.29 is 4.79 Å². The molecule has 0 spiro atoms. The largest absolute Gasteiger partial charge is 0.312 e. The number of amides is 1. The predicted octanol–water partition coefficient (Wildman–Crippen LogP) is 6.92. The van der Waals surface area contributed by atoms with E-state index >= 15 is 0 Å². The highest BCUT2D eigenvalue weighted by Crippen LogP contribution is 2.36. The van der Waals surface area contributed by atoms with Gasteiger partial charge in [0.05, 0.1) is 6.21 Å². The van der Waals surface area contributed by atoms with Gasteiger partial charge in [0.2, 0.25) is 5.13 Å². The zero-order valence-corrected chi connectivity index (χ0v) is 19.2. The monoisotopic (exact) mass is 510 g/mol. The Hall–Kier alpha value is -3.00. The van der Waals surface area contributed by atoms with Gasteiger partial charge in [-0.3, -0.25) is 10.2 Å². The number of rotatable bonds is 6. The number of aromatic nitrogens is 1. The standard InChI is InChI=1S/C23H16BrClN4OS/c24-18-10-6-17(7-11-18)21(30)28-22-20(16-8-12-19(25)13-9-16)27-23(31-22)29-26-14-15-4-2-1-3-5-15/h1-14H,(H,27,29)(H,28,30)/b26-14+. The Bertz CT molecular complexity index is 1210. The van der Waals surface area contributed by atoms with Gasteiger partial charge in [-0.05, 0) is 42.0 Å². The number of nitrogens with one attached hydrogen (secondary N) is 2. The summed E-state index contributed by atoms with van der Waals surface area (Å²) in [5.74, 6) is -0.217. The van der Waals surface area contributed by atoms with Crippen LogP contribution in [0.3, 0.4) is 0 Å². The zero-order valence-electron chi connectivity index (χ0n) is 16.0. The lowest BCUT2D eigenvalue weighted by Crippen LogP contribution is -2.11. The van der Waals surface area contributed by atoms with Gasteiger partial charge in [-0.25, -0.2) is 4.98 Å². The number of anilines is 2. The van der Waals surface area contributed by atoms with Gasteiger partial charge in [0, 0.05) is 20.6 Å². The van der Waals surface area contributed by atoms with Gasteiger partial charge >= 0.3 is 0 Å². The Kier molecular flexibility index (Phi) is 6.76. The number of carbonyl (C=O) groups is 1. The number of nitrogens with zero attached hydrogens (tertiary/aromatic N) is 2. The van der Waals surface area contributed by atoms with Crippen molar-refractivity contribution >= 4 is 61.1 Å². The van der Waals surface area contributed by atoms with Gasteiger partial charge < -0.3 is 5.32 Å². The summed E-state index contributed by atoms with van der Waals surface area (Å²) in [4.78, 5) is 17.4. The number of hydrogen-bond acceptors (Lipinski definition) is 5. The van der Waals surface area contributed by atoms with Crippen molar-refractivity contribution in [2.75, 3.05) is 10.7 Å². The van der Waals surface area contributed by atoms with E-state index in [4.69, 9.17) is 11.6 Å². The SMILES string of the molecule is O=C(Nc1sc(N/N=C/c2ccccc2)nc1-c1ccc(Cl)cc1)c1ccc(Br)cc1. The molecule has 31 heavy (non-hydrogen) atoms. The van der Waals surface area contributed by atoms with Crippen LogP contribution < -0.4 is 10.7 Å². The lowest BCUT2D eigenvalue weighted by atomic mass is 10.1. The summed E-state index contributed by atoms with van der Waals surface area (Å²) in [6, 6.07) is 24.2. The number of hydrazone groups is 1. The maximum atomic E-state index is 12.8. The zero-order chi connectivity index (χ0) is 21.6. The molecule has 4 aromatic rings. The molecule has 0 bridgehead atoms. The molecular formula is C23H16BrClN4OS. The lowest BCUT2D eigenvalue weighted by Gasteiger charge is -2.06. The maximum Gasteiger partial charge on any atom is 0.256 e. The van der Waals surface area contributed by atoms with Crippen LogP contribution in [-0.2, 0) is 0 Å². The number of halogens is 2. The molecule has 154 valence electrons. The first-order chi connectivity index (χ1) is 15.1. The van der Waals surface area contributed by atoms with Gasteiger partial charge in [-0.15, -0.1) is 0 Å². The van der Waals surface area contributed by atoms with Gasteiger partial charge in [0.25, 0.3) is 5.91 Å². The maximum absolute atomic E-state index is 12.8. The molecule has 0 aliphatic carbocycles. The first-order valence-electron chi connectivity index (χ1n) is 9.26. The molecular weight excluding hydrogens is 496 g/mol. The Balaban J connectivity index is 1.60. The average Bonchev–Trinajstić information content (AvgIpc) is 3.18. The van der Waals surface area contributed by atoms with E-state index in [2.05, 4.69) is 36.8 Å². The topological polar surface area (TPSA) is 66.4 Å². The van der Waals surface area contributed by atoms with Gasteiger partial charge in [-0.2, -0.15) is 5.10 Å². The van der Waals surface area contributed by atoms with E-state index < -0.39 is 0 Å². The fraction of sp³-hybridized carbons (Fsp3) is 0.